The maximum Gasteiger partial charge on any atom is 0.393 e. The van der Waals surface area contributed by atoms with E-state index in [1.54, 1.807) is 25.1 Å². The lowest BCUT2D eigenvalue weighted by Crippen LogP contribution is -2.14. The summed E-state index contributed by atoms with van der Waals surface area (Å²) in [5, 5.41) is 7.92. The highest BCUT2D eigenvalue weighted by molar-refractivity contribution is 9.10. The molecule has 0 saturated carbocycles. The fraction of sp³-hybridized carbons (Fsp3) is 0.438. The largest absolute Gasteiger partial charge is 0.393 e. The van der Waals surface area contributed by atoms with Crippen molar-refractivity contribution >= 4 is 41.9 Å². The summed E-state index contributed by atoms with van der Waals surface area (Å²) in [6, 6.07) is 8.62. The smallest absolute Gasteiger partial charge is 0.366 e. The summed E-state index contributed by atoms with van der Waals surface area (Å²) < 4.78 is 38.4. The molecule has 42 heavy (non-hydrogen) atoms. The second kappa shape index (κ2) is 21.9. The summed E-state index contributed by atoms with van der Waals surface area (Å²) in [5.74, 6) is 2.82. The van der Waals surface area contributed by atoms with Gasteiger partial charge in [-0.05, 0) is 72.7 Å². The summed E-state index contributed by atoms with van der Waals surface area (Å²) in [6.45, 7) is 19.1. The number of benzene rings is 1. The van der Waals surface area contributed by atoms with Crippen LogP contribution in [0.3, 0.4) is 0 Å². The third-order valence-corrected chi connectivity index (χ3v) is 7.81. The fourth-order valence-electron chi connectivity index (χ4n) is 3.93. The zero-order chi connectivity index (χ0) is 32.1. The molecule has 1 aliphatic heterocycles. The minimum absolute atomic E-state index is 0.322. The minimum atomic E-state index is -4.10. The maximum absolute atomic E-state index is 11.9. The van der Waals surface area contributed by atoms with E-state index in [1.807, 2.05) is 51.4 Å². The van der Waals surface area contributed by atoms with Crippen molar-refractivity contribution in [2.75, 3.05) is 24.2 Å². The second-order valence-electron chi connectivity index (χ2n) is 8.68. The average molecular weight is 670 g/mol. The number of aryl methyl sites for hydroxylation is 1. The number of halogens is 4. The molecule has 3 heterocycles. The maximum atomic E-state index is 11.9. The number of alkyl halides is 3. The molecule has 0 spiro atoms. The summed E-state index contributed by atoms with van der Waals surface area (Å²) in [7, 11) is 1.07. The number of anilines is 1. The Balaban J connectivity index is 0.000000745. The number of hydrogen-bond acceptors (Lipinski definition) is 4. The van der Waals surface area contributed by atoms with E-state index >= 15 is 0 Å². The molecule has 0 radical (unpaired) electrons. The molecule has 1 saturated heterocycles. The number of nitrogens with zero attached hydrogens (tertiary/aromatic N) is 3. The average Bonchev–Trinajstić information content (AvgIpc) is 3.36. The molecule has 0 aliphatic carbocycles. The summed E-state index contributed by atoms with van der Waals surface area (Å²) in [4.78, 5) is 13.4. The number of hydrogen-bond donors (Lipinski definition) is 1. The molecule has 1 aliphatic rings. The van der Waals surface area contributed by atoms with Gasteiger partial charge in [-0.2, -0.15) is 22.8 Å². The van der Waals surface area contributed by atoms with Gasteiger partial charge in [-0.3, -0.25) is 0 Å². The summed E-state index contributed by atoms with van der Waals surface area (Å²) >= 11 is 3.57. The highest BCUT2D eigenvalue weighted by Gasteiger charge is 2.27. The number of rotatable bonds is 6. The lowest BCUT2D eigenvalue weighted by atomic mass is 10.0. The van der Waals surface area contributed by atoms with Crippen molar-refractivity contribution in [2.45, 2.75) is 72.9 Å². The van der Waals surface area contributed by atoms with E-state index in [-0.39, 0.29) is 0 Å². The lowest BCUT2D eigenvalue weighted by Gasteiger charge is -2.22. The molecule has 3 aromatic rings. The van der Waals surface area contributed by atoms with Gasteiger partial charge in [0.1, 0.15) is 11.8 Å². The van der Waals surface area contributed by atoms with Crippen molar-refractivity contribution in [2.24, 2.45) is 0 Å². The minimum Gasteiger partial charge on any atom is -0.366 e. The lowest BCUT2D eigenvalue weighted by molar-refractivity contribution is -0.127. The Kier molecular flexibility index (Phi) is 20.5. The van der Waals surface area contributed by atoms with Crippen LogP contribution in [-0.2, 0) is 11.2 Å². The van der Waals surface area contributed by atoms with Gasteiger partial charge in [0.15, 0.2) is 5.65 Å². The van der Waals surface area contributed by atoms with Gasteiger partial charge >= 0.3 is 6.18 Å². The van der Waals surface area contributed by atoms with Gasteiger partial charge in [-0.1, -0.05) is 76.3 Å². The van der Waals surface area contributed by atoms with Crippen LogP contribution in [-0.4, -0.2) is 45.6 Å². The van der Waals surface area contributed by atoms with Crippen LogP contribution in [0.25, 0.3) is 5.65 Å². The van der Waals surface area contributed by atoms with Crippen LogP contribution >= 0.6 is 24.5 Å². The molecule has 5 nitrogen and oxygen atoms in total. The van der Waals surface area contributed by atoms with E-state index in [1.165, 1.54) is 48.4 Å². The van der Waals surface area contributed by atoms with Crippen LogP contribution in [0.15, 0.2) is 71.9 Å². The molecule has 0 amide bonds. The zero-order valence-electron chi connectivity index (χ0n) is 25.6. The van der Waals surface area contributed by atoms with Gasteiger partial charge in [-0.15, -0.1) is 8.58 Å². The number of fused-ring (bicyclic) bond motifs is 1. The Morgan fingerprint density at radius 3 is 2.45 bits per heavy atom. The van der Waals surface area contributed by atoms with Crippen LogP contribution in [0.1, 0.15) is 70.2 Å². The van der Waals surface area contributed by atoms with Crippen molar-refractivity contribution in [1.29, 1.82) is 0 Å². The van der Waals surface area contributed by atoms with Gasteiger partial charge in [0.05, 0.1) is 22.8 Å². The van der Waals surface area contributed by atoms with Crippen molar-refractivity contribution in [3.8, 4) is 0 Å². The first-order chi connectivity index (χ1) is 20.1. The SMILES string of the molecule is C=C/C(=C\C)CNc1cc(C2CCCPC2)nc2c(Br)cnn12.C=C=O.CC.CC.Cc1cccc(CC(F)(F)F)c1. The number of carbonyl (C=O) groups excluding carboxylic acids is 1. The van der Waals surface area contributed by atoms with Gasteiger partial charge in [0, 0.05) is 18.5 Å². The highest BCUT2D eigenvalue weighted by atomic mass is 79.9. The first-order valence-electron chi connectivity index (χ1n) is 14.1. The molecular weight excluding hydrogens is 624 g/mol. The topological polar surface area (TPSA) is 59.3 Å². The van der Waals surface area contributed by atoms with E-state index in [9.17, 15) is 13.2 Å². The fourth-order valence-corrected chi connectivity index (χ4v) is 5.70. The molecule has 2 atom stereocenters. The number of aromatic nitrogens is 3. The predicted octanol–water partition coefficient (Wildman–Crippen LogP) is 9.75. The second-order valence-corrected chi connectivity index (χ2v) is 10.9. The van der Waals surface area contributed by atoms with Crippen LogP contribution in [0, 0.1) is 6.92 Å². The first-order valence-corrected chi connectivity index (χ1v) is 16.4. The Morgan fingerprint density at radius 1 is 1.26 bits per heavy atom. The van der Waals surface area contributed by atoms with E-state index in [0.29, 0.717) is 11.5 Å². The molecule has 1 aromatic carbocycles. The highest BCUT2D eigenvalue weighted by Crippen LogP contribution is 2.35. The molecular formula is C32H45BrF3N4OP. The van der Waals surface area contributed by atoms with E-state index in [0.717, 1.165) is 36.6 Å². The molecule has 232 valence electrons. The Morgan fingerprint density at radius 2 is 1.93 bits per heavy atom. The molecule has 2 unspecified atom stereocenters. The van der Waals surface area contributed by atoms with Crippen LogP contribution in [0.5, 0.6) is 0 Å². The summed E-state index contributed by atoms with van der Waals surface area (Å²) in [5.41, 5.74) is 4.43. The van der Waals surface area contributed by atoms with Gasteiger partial charge in [0.2, 0.25) is 0 Å². The molecule has 0 bridgehead atoms. The van der Waals surface area contributed by atoms with Crippen LogP contribution < -0.4 is 5.32 Å². The normalized spacial score (nSPS) is 14.8. The molecule has 1 N–H and O–H groups in total. The Hall–Kier alpha value is -2.73. The number of nitrogens with one attached hydrogen (secondary N) is 1. The van der Waals surface area contributed by atoms with Crippen LogP contribution in [0.2, 0.25) is 0 Å². The van der Waals surface area contributed by atoms with Crippen molar-refractivity contribution in [1.82, 2.24) is 14.6 Å². The van der Waals surface area contributed by atoms with E-state index in [2.05, 4.69) is 51.6 Å². The van der Waals surface area contributed by atoms with Gasteiger partial charge in [0.25, 0.3) is 0 Å². The molecule has 1 fully saturated rings. The van der Waals surface area contributed by atoms with Crippen molar-refractivity contribution in [3.63, 3.8) is 0 Å². The Labute approximate surface area is 259 Å². The standard InChI is InChI=1S/C17H22BrN4P.C9H9F3.C2H2O.2C2H6/c1-3-12(4-2)9-19-16-8-15(13-6-5-7-23-11-13)21-17-14(18)10-20-22(16)17;1-7-3-2-4-8(5-7)6-9(10,11)12;1-2-3;2*1-2/h3-4,8,10,13,19,23H,1,5-7,9,11H2,2H3;2-5H,6H2,1H3;1H2;2*1-2H3/b12-4+;;;;. The van der Waals surface area contributed by atoms with Crippen molar-refractivity contribution in [3.05, 3.63) is 88.7 Å². The van der Waals surface area contributed by atoms with Gasteiger partial charge in [-0.25, -0.2) is 9.78 Å². The number of allylic oxidation sites excluding steroid dienone is 1. The third kappa shape index (κ3) is 14.4. The first kappa shape index (κ1) is 39.3. The zero-order valence-corrected chi connectivity index (χ0v) is 28.2. The molecule has 2 aromatic heterocycles. The Bertz CT molecular complexity index is 1260. The van der Waals surface area contributed by atoms with E-state index in [4.69, 9.17) is 9.78 Å². The predicted molar refractivity (Wildman–Crippen MR) is 178 cm³/mol. The monoisotopic (exact) mass is 668 g/mol. The van der Waals surface area contributed by atoms with Crippen LogP contribution in [0.4, 0.5) is 19.0 Å². The molecule has 10 heteroatoms. The molecule has 4 rings (SSSR count). The quantitative estimate of drug-likeness (QED) is 0.161. The summed E-state index contributed by atoms with van der Waals surface area (Å²) in [6.07, 6.45) is 6.03. The van der Waals surface area contributed by atoms with E-state index < -0.39 is 12.6 Å². The third-order valence-electron chi connectivity index (χ3n) is 5.76. The van der Waals surface area contributed by atoms with Crippen molar-refractivity contribution < 1.29 is 18.0 Å². The van der Waals surface area contributed by atoms with Gasteiger partial charge < -0.3 is 5.32 Å².